The largest absolute Gasteiger partial charge is 0.465 e. The van der Waals surface area contributed by atoms with Gasteiger partial charge in [0.05, 0.1) is 6.61 Å². The number of carbonyl (C=O) groups is 2. The number of amides is 1. The van der Waals surface area contributed by atoms with Crippen molar-refractivity contribution in [2.45, 2.75) is 46.0 Å². The highest BCUT2D eigenvalue weighted by atomic mass is 35.5. The van der Waals surface area contributed by atoms with E-state index in [2.05, 4.69) is 0 Å². The molecule has 0 aromatic heterocycles. The number of hydrogen-bond acceptors (Lipinski definition) is 3. The Kier molecular flexibility index (Phi) is 6.27. The molecule has 0 saturated heterocycles. The van der Waals surface area contributed by atoms with Crippen LogP contribution in [-0.2, 0) is 14.3 Å². The maximum absolute atomic E-state index is 13.2. The average Bonchev–Trinajstić information content (AvgIpc) is 3.32. The first-order valence-corrected chi connectivity index (χ1v) is 9.11. The smallest absolute Gasteiger partial charge is 0.322 e. The van der Waals surface area contributed by atoms with Gasteiger partial charge < -0.3 is 9.64 Å². The van der Waals surface area contributed by atoms with Crippen LogP contribution in [-0.4, -0.2) is 36.5 Å². The summed E-state index contributed by atoms with van der Waals surface area (Å²) < 4.78 is 5.26. The lowest BCUT2D eigenvalue weighted by molar-refractivity contribution is -0.158. The van der Waals surface area contributed by atoms with Crippen LogP contribution >= 0.6 is 11.6 Å². The summed E-state index contributed by atoms with van der Waals surface area (Å²) >= 11 is 5.95. The first-order valence-electron chi connectivity index (χ1n) is 8.73. The number of halogens is 1. The third kappa shape index (κ3) is 3.59. The molecule has 1 saturated carbocycles. The topological polar surface area (TPSA) is 46.6 Å². The van der Waals surface area contributed by atoms with Crippen LogP contribution in [0.4, 0.5) is 0 Å². The van der Waals surface area contributed by atoms with Crippen molar-refractivity contribution >= 4 is 23.5 Å². The fourth-order valence-electron chi connectivity index (χ4n) is 3.31. The quantitative estimate of drug-likeness (QED) is 0.525. The molecule has 4 nitrogen and oxygen atoms in total. The van der Waals surface area contributed by atoms with Gasteiger partial charge in [-0.25, -0.2) is 0 Å². The zero-order valence-electron chi connectivity index (χ0n) is 14.7. The third-order valence-electron chi connectivity index (χ3n) is 4.53. The zero-order chi connectivity index (χ0) is 17.7. The highest BCUT2D eigenvalue weighted by Crippen LogP contribution is 2.61. The summed E-state index contributed by atoms with van der Waals surface area (Å²) in [6.07, 6.45) is 2.25. The molecule has 1 amide bonds. The van der Waals surface area contributed by atoms with Gasteiger partial charge >= 0.3 is 5.97 Å². The predicted octanol–water partition coefficient (Wildman–Crippen LogP) is 4.03. The van der Waals surface area contributed by atoms with E-state index in [0.717, 1.165) is 18.4 Å². The van der Waals surface area contributed by atoms with Crippen LogP contribution in [0.25, 0.3) is 0 Å². The van der Waals surface area contributed by atoms with E-state index < -0.39 is 11.4 Å². The molecular formula is C19H26ClNO3. The molecule has 0 heterocycles. The van der Waals surface area contributed by atoms with Crippen LogP contribution in [0.5, 0.6) is 0 Å². The molecule has 2 rings (SSSR count). The number of ether oxygens (including phenoxy) is 1. The summed E-state index contributed by atoms with van der Waals surface area (Å²) in [7, 11) is 0. The van der Waals surface area contributed by atoms with Crippen LogP contribution in [0.15, 0.2) is 24.3 Å². The van der Waals surface area contributed by atoms with Crippen molar-refractivity contribution in [2.75, 3.05) is 19.7 Å². The van der Waals surface area contributed by atoms with Gasteiger partial charge in [0.2, 0.25) is 5.91 Å². The van der Waals surface area contributed by atoms with Crippen LogP contribution in [0.2, 0.25) is 5.02 Å². The van der Waals surface area contributed by atoms with Gasteiger partial charge in [0.15, 0.2) is 5.41 Å². The van der Waals surface area contributed by atoms with E-state index in [1.807, 2.05) is 30.9 Å². The lowest BCUT2D eigenvalue weighted by Gasteiger charge is -2.26. The second-order valence-corrected chi connectivity index (χ2v) is 6.73. The van der Waals surface area contributed by atoms with Crippen molar-refractivity contribution in [1.29, 1.82) is 0 Å². The normalized spacial score (nSPS) is 22.1. The number of rotatable bonds is 8. The van der Waals surface area contributed by atoms with Gasteiger partial charge in [0.25, 0.3) is 0 Å². The molecule has 1 aromatic carbocycles. The Morgan fingerprint density at radius 3 is 2.25 bits per heavy atom. The Hall–Kier alpha value is -1.55. The van der Waals surface area contributed by atoms with E-state index in [4.69, 9.17) is 16.3 Å². The molecule has 0 N–H and O–H groups in total. The van der Waals surface area contributed by atoms with E-state index in [1.165, 1.54) is 0 Å². The summed E-state index contributed by atoms with van der Waals surface area (Å²) in [5.41, 5.74) is -0.0949. The lowest BCUT2D eigenvalue weighted by Crippen LogP contribution is -2.43. The summed E-state index contributed by atoms with van der Waals surface area (Å²) in [6, 6.07) is 7.38. The Morgan fingerprint density at radius 2 is 1.75 bits per heavy atom. The second-order valence-electron chi connectivity index (χ2n) is 6.29. The van der Waals surface area contributed by atoms with Crippen molar-refractivity contribution in [1.82, 2.24) is 4.90 Å². The van der Waals surface area contributed by atoms with Gasteiger partial charge in [-0.05, 0) is 43.9 Å². The van der Waals surface area contributed by atoms with Gasteiger partial charge in [-0.2, -0.15) is 0 Å². The van der Waals surface area contributed by atoms with Crippen molar-refractivity contribution in [3.63, 3.8) is 0 Å². The van der Waals surface area contributed by atoms with E-state index in [9.17, 15) is 9.59 Å². The molecule has 24 heavy (non-hydrogen) atoms. The lowest BCUT2D eigenvalue weighted by atomic mass is 9.97. The van der Waals surface area contributed by atoms with Gasteiger partial charge in [-0.3, -0.25) is 9.59 Å². The summed E-state index contributed by atoms with van der Waals surface area (Å²) in [4.78, 5) is 27.6. The molecule has 5 heteroatoms. The molecule has 2 atom stereocenters. The highest BCUT2D eigenvalue weighted by molar-refractivity contribution is 6.30. The van der Waals surface area contributed by atoms with E-state index in [-0.39, 0.29) is 18.4 Å². The van der Waals surface area contributed by atoms with Crippen molar-refractivity contribution < 1.29 is 14.3 Å². The maximum Gasteiger partial charge on any atom is 0.322 e. The van der Waals surface area contributed by atoms with Crippen LogP contribution < -0.4 is 0 Å². The minimum atomic E-state index is -1.06. The van der Waals surface area contributed by atoms with Gasteiger partial charge in [-0.1, -0.05) is 37.6 Å². The van der Waals surface area contributed by atoms with Crippen LogP contribution in [0.3, 0.4) is 0 Å². The molecule has 1 aromatic rings. The van der Waals surface area contributed by atoms with E-state index >= 15 is 0 Å². The van der Waals surface area contributed by atoms with Crippen LogP contribution in [0.1, 0.15) is 51.5 Å². The fraction of sp³-hybridized carbons (Fsp3) is 0.579. The molecule has 0 bridgehead atoms. The number of benzene rings is 1. The fourth-order valence-corrected chi connectivity index (χ4v) is 3.43. The molecular weight excluding hydrogens is 326 g/mol. The number of nitrogens with zero attached hydrogens (tertiary/aromatic N) is 1. The first kappa shape index (κ1) is 18.8. The highest BCUT2D eigenvalue weighted by Gasteiger charge is 2.68. The van der Waals surface area contributed by atoms with Crippen molar-refractivity contribution in [3.8, 4) is 0 Å². The van der Waals surface area contributed by atoms with Gasteiger partial charge in [0, 0.05) is 24.0 Å². The Labute approximate surface area is 149 Å². The Bertz CT molecular complexity index is 581. The van der Waals surface area contributed by atoms with Gasteiger partial charge in [-0.15, -0.1) is 0 Å². The molecule has 1 fully saturated rings. The van der Waals surface area contributed by atoms with E-state index in [1.54, 1.807) is 19.1 Å². The maximum atomic E-state index is 13.2. The minimum Gasteiger partial charge on any atom is -0.465 e. The number of carbonyl (C=O) groups excluding carboxylic acids is 2. The molecule has 1 aliphatic rings. The Balaban J connectivity index is 2.30. The van der Waals surface area contributed by atoms with Crippen molar-refractivity contribution in [3.05, 3.63) is 34.9 Å². The van der Waals surface area contributed by atoms with E-state index in [0.29, 0.717) is 24.5 Å². The van der Waals surface area contributed by atoms with Gasteiger partial charge in [0.1, 0.15) is 0 Å². The molecule has 0 spiro atoms. The molecule has 132 valence electrons. The zero-order valence-corrected chi connectivity index (χ0v) is 15.4. The summed E-state index contributed by atoms with van der Waals surface area (Å²) in [5.74, 6) is -0.616. The van der Waals surface area contributed by atoms with Crippen molar-refractivity contribution in [2.24, 2.45) is 5.41 Å². The monoisotopic (exact) mass is 351 g/mol. The SMILES string of the molecule is CCCN(CCC)C(=O)C1(C(=O)OCC)CC1c1ccc(Cl)cc1. The first-order chi connectivity index (χ1) is 11.5. The standard InChI is InChI=1S/C19H26ClNO3/c1-4-11-21(12-5-2)17(22)19(18(23)24-6-3)13-16(19)14-7-9-15(20)10-8-14/h7-10,16H,4-6,11-13H2,1-3H3. The molecule has 2 unspecified atom stereocenters. The average molecular weight is 352 g/mol. The predicted molar refractivity (Wildman–Crippen MR) is 95.0 cm³/mol. The second kappa shape index (κ2) is 8.02. The summed E-state index contributed by atoms with van der Waals surface area (Å²) in [6.45, 7) is 7.46. The minimum absolute atomic E-state index is 0.0930. The van der Waals surface area contributed by atoms with Crippen LogP contribution in [0, 0.1) is 5.41 Å². The third-order valence-corrected chi connectivity index (χ3v) is 4.78. The Morgan fingerprint density at radius 1 is 1.17 bits per heavy atom. The number of hydrogen-bond donors (Lipinski definition) is 0. The molecule has 0 radical (unpaired) electrons. The molecule has 1 aliphatic carbocycles. The molecule has 0 aliphatic heterocycles. The number of esters is 1. The summed E-state index contributed by atoms with van der Waals surface area (Å²) in [5, 5.41) is 0.644.